The summed E-state index contributed by atoms with van der Waals surface area (Å²) < 4.78 is 47.5. The lowest BCUT2D eigenvalue weighted by molar-refractivity contribution is -0.0880. The highest BCUT2D eigenvalue weighted by atomic mass is 19.4. The van der Waals surface area contributed by atoms with Gasteiger partial charge >= 0.3 is 6.18 Å². The molecule has 49 heavy (non-hydrogen) atoms. The molecule has 0 N–H and O–H groups in total. The predicted octanol–water partition coefficient (Wildman–Crippen LogP) is 11.6. The number of unbranched alkanes of at least 4 members (excludes halogenated alkanes) is 6. The molecule has 0 heterocycles. The monoisotopic (exact) mass is 669 g/mol. The van der Waals surface area contributed by atoms with E-state index in [-0.39, 0.29) is 34.4 Å². The smallest absolute Gasteiger partial charge is 0.416 e. The van der Waals surface area contributed by atoms with Gasteiger partial charge in [0.1, 0.15) is 23.6 Å². The highest BCUT2D eigenvalue weighted by Gasteiger charge is 2.35. The van der Waals surface area contributed by atoms with E-state index in [1.807, 2.05) is 37.8 Å². The van der Waals surface area contributed by atoms with Crippen LogP contribution in [0.5, 0.6) is 11.5 Å². The van der Waals surface area contributed by atoms with Crippen LogP contribution < -0.4 is 4.74 Å². The van der Waals surface area contributed by atoms with Gasteiger partial charge in [0.25, 0.3) is 5.91 Å². The molecule has 0 fully saturated rings. The highest BCUT2D eigenvalue weighted by molar-refractivity contribution is 6.03. The van der Waals surface area contributed by atoms with Crippen LogP contribution in [0.2, 0.25) is 0 Å². The molecule has 1 aliphatic rings. The number of allylic oxidation sites excluding steroid dienone is 4. The summed E-state index contributed by atoms with van der Waals surface area (Å²) in [7, 11) is 0. The third-order valence-corrected chi connectivity index (χ3v) is 9.00. The fourth-order valence-electron chi connectivity index (χ4n) is 6.19. The third kappa shape index (κ3) is 9.12. The molecule has 258 valence electrons. The van der Waals surface area contributed by atoms with Crippen LogP contribution in [-0.4, -0.2) is 30.1 Å². The lowest BCUT2D eigenvalue weighted by atomic mass is 9.83. The van der Waals surface area contributed by atoms with Crippen molar-refractivity contribution in [3.05, 3.63) is 88.0 Å². The standard InChI is InChI=1S/C41H46F3N3O2/c1-6-8-10-12-20-47(21-13-11-9-7-2)39(48)28-15-18-34(19-16-28)49-36-25-33(40(3,4)5)24-30-22-31(26-45)35(27-46)37(38(30)36)29-14-17-32(23-29)41(42,43)44/h15-19,22-25H,6-14,20-21H2,1-5H3. The SMILES string of the molecule is CCCCCCN(CCCCCC)C(=O)c1ccc(Oc2cc(C(C)(C)C)cc3cc(C#N)c(C#N)c(C4=CC(C(F)(F)F)=CC4)c23)cc1. The number of benzene rings is 3. The number of alkyl halides is 3. The van der Waals surface area contributed by atoms with Crippen molar-refractivity contribution >= 4 is 22.3 Å². The zero-order valence-corrected chi connectivity index (χ0v) is 29.3. The van der Waals surface area contributed by atoms with Crippen molar-refractivity contribution in [1.82, 2.24) is 4.90 Å². The van der Waals surface area contributed by atoms with Crippen molar-refractivity contribution in [3.8, 4) is 23.6 Å². The Kier molecular flexibility index (Phi) is 12.3. The molecule has 0 unspecified atom stereocenters. The van der Waals surface area contributed by atoms with E-state index in [9.17, 15) is 28.5 Å². The van der Waals surface area contributed by atoms with Crippen LogP contribution in [0, 0.1) is 22.7 Å². The lowest BCUT2D eigenvalue weighted by Gasteiger charge is -2.24. The summed E-state index contributed by atoms with van der Waals surface area (Å²) >= 11 is 0. The molecule has 3 aromatic carbocycles. The van der Waals surface area contributed by atoms with E-state index in [1.54, 1.807) is 30.3 Å². The van der Waals surface area contributed by atoms with Crippen LogP contribution in [0.1, 0.15) is 125 Å². The minimum absolute atomic E-state index is 0.00495. The molecule has 0 atom stereocenters. The van der Waals surface area contributed by atoms with Gasteiger partial charge in [-0.05, 0) is 83.7 Å². The molecule has 0 saturated carbocycles. The van der Waals surface area contributed by atoms with Gasteiger partial charge in [0.2, 0.25) is 0 Å². The summed E-state index contributed by atoms with van der Waals surface area (Å²) in [5.41, 5.74) is 0.955. The van der Waals surface area contributed by atoms with Crippen LogP contribution in [0.15, 0.2) is 60.2 Å². The van der Waals surface area contributed by atoms with Crippen molar-refractivity contribution in [1.29, 1.82) is 10.5 Å². The van der Waals surface area contributed by atoms with E-state index >= 15 is 0 Å². The number of hydrogen-bond donors (Lipinski definition) is 0. The van der Waals surface area contributed by atoms with Gasteiger partial charge in [0, 0.05) is 29.6 Å². The average molecular weight is 670 g/mol. The van der Waals surface area contributed by atoms with Gasteiger partial charge in [-0.25, -0.2) is 0 Å². The third-order valence-electron chi connectivity index (χ3n) is 9.00. The number of carbonyl (C=O) groups is 1. The first-order chi connectivity index (χ1) is 23.3. The van der Waals surface area contributed by atoms with Gasteiger partial charge in [-0.1, -0.05) is 85.3 Å². The zero-order chi connectivity index (χ0) is 35.8. The molecule has 1 amide bonds. The summed E-state index contributed by atoms with van der Waals surface area (Å²) in [5, 5.41) is 21.2. The largest absolute Gasteiger partial charge is 0.457 e. The maximum Gasteiger partial charge on any atom is 0.416 e. The number of nitrogens with zero attached hydrogens (tertiary/aromatic N) is 3. The fraction of sp³-hybridized carbons (Fsp3) is 0.439. The van der Waals surface area contributed by atoms with Gasteiger partial charge in [-0.15, -0.1) is 0 Å². The maximum atomic E-state index is 13.7. The molecule has 0 bridgehead atoms. The molecular weight excluding hydrogens is 623 g/mol. The Labute approximate surface area is 288 Å². The molecule has 0 aromatic heterocycles. The number of ether oxygens (including phenoxy) is 1. The molecule has 4 rings (SSSR count). The summed E-state index contributed by atoms with van der Waals surface area (Å²) in [4.78, 5) is 15.6. The van der Waals surface area contributed by atoms with E-state index < -0.39 is 11.7 Å². The highest BCUT2D eigenvalue weighted by Crippen LogP contribution is 2.45. The number of fused-ring (bicyclic) bond motifs is 1. The van der Waals surface area contributed by atoms with Crippen LogP contribution >= 0.6 is 0 Å². The Bertz CT molecular complexity index is 1790. The Morgan fingerprint density at radius 2 is 1.51 bits per heavy atom. The molecular formula is C41H46F3N3O2. The summed E-state index contributed by atoms with van der Waals surface area (Å²) in [5.74, 6) is 0.767. The number of amides is 1. The molecule has 0 aliphatic heterocycles. The second kappa shape index (κ2) is 16.2. The normalized spacial score (nSPS) is 13.1. The van der Waals surface area contributed by atoms with Crippen molar-refractivity contribution in [2.75, 3.05) is 13.1 Å². The molecule has 1 aliphatic carbocycles. The lowest BCUT2D eigenvalue weighted by Crippen LogP contribution is -2.33. The first-order valence-corrected chi connectivity index (χ1v) is 17.3. The summed E-state index contributed by atoms with van der Waals surface area (Å²) in [6.45, 7) is 11.9. The Balaban J connectivity index is 1.76. The Hall–Kier alpha value is -4.56. The van der Waals surface area contributed by atoms with Crippen LogP contribution in [0.4, 0.5) is 13.2 Å². The molecule has 0 saturated heterocycles. The van der Waals surface area contributed by atoms with Crippen molar-refractivity contribution in [2.24, 2.45) is 0 Å². The fourth-order valence-corrected chi connectivity index (χ4v) is 6.19. The van der Waals surface area contributed by atoms with Gasteiger partial charge < -0.3 is 9.64 Å². The number of hydrogen-bond acceptors (Lipinski definition) is 4. The van der Waals surface area contributed by atoms with Crippen LogP contribution in [-0.2, 0) is 5.41 Å². The number of rotatable bonds is 14. The quantitative estimate of drug-likeness (QED) is 0.160. The maximum absolute atomic E-state index is 13.7. The minimum Gasteiger partial charge on any atom is -0.457 e. The van der Waals surface area contributed by atoms with Gasteiger partial charge in [0.05, 0.1) is 16.7 Å². The first kappa shape index (κ1) is 37.3. The van der Waals surface area contributed by atoms with Gasteiger partial charge in [-0.2, -0.15) is 23.7 Å². The number of nitriles is 2. The zero-order valence-electron chi connectivity index (χ0n) is 29.3. The molecule has 3 aromatic rings. The second-order valence-electron chi connectivity index (χ2n) is 13.8. The summed E-state index contributed by atoms with van der Waals surface area (Å²) in [6, 6.07) is 16.4. The Morgan fingerprint density at radius 3 is 2.02 bits per heavy atom. The van der Waals surface area contributed by atoms with Crippen molar-refractivity contribution < 1.29 is 22.7 Å². The number of halogens is 3. The Morgan fingerprint density at radius 1 is 0.878 bits per heavy atom. The molecule has 0 spiro atoms. The topological polar surface area (TPSA) is 77.1 Å². The van der Waals surface area contributed by atoms with Crippen LogP contribution in [0.25, 0.3) is 16.3 Å². The van der Waals surface area contributed by atoms with E-state index in [1.165, 1.54) is 0 Å². The van der Waals surface area contributed by atoms with E-state index in [2.05, 4.69) is 26.0 Å². The van der Waals surface area contributed by atoms with E-state index in [4.69, 9.17) is 4.74 Å². The first-order valence-electron chi connectivity index (χ1n) is 17.3. The van der Waals surface area contributed by atoms with E-state index in [0.29, 0.717) is 46.5 Å². The minimum atomic E-state index is -4.55. The van der Waals surface area contributed by atoms with E-state index in [0.717, 1.165) is 69.1 Å². The summed E-state index contributed by atoms with van der Waals surface area (Å²) in [6.07, 6.45) is 6.18. The average Bonchev–Trinajstić information content (AvgIpc) is 3.57. The molecule has 8 heteroatoms. The predicted molar refractivity (Wildman–Crippen MR) is 190 cm³/mol. The van der Waals surface area contributed by atoms with Crippen molar-refractivity contribution in [2.45, 2.75) is 104 Å². The van der Waals surface area contributed by atoms with Gasteiger partial charge in [-0.3, -0.25) is 4.79 Å². The number of carbonyl (C=O) groups excluding carboxylic acids is 1. The van der Waals surface area contributed by atoms with Crippen LogP contribution in [0.3, 0.4) is 0 Å². The van der Waals surface area contributed by atoms with Crippen molar-refractivity contribution in [3.63, 3.8) is 0 Å². The molecule has 0 radical (unpaired) electrons. The van der Waals surface area contributed by atoms with Gasteiger partial charge in [0.15, 0.2) is 0 Å². The molecule has 5 nitrogen and oxygen atoms in total. The second-order valence-corrected chi connectivity index (χ2v) is 13.8.